The third-order valence-corrected chi connectivity index (χ3v) is 4.35. The van der Waals surface area contributed by atoms with Crippen LogP contribution < -0.4 is 10.0 Å². The van der Waals surface area contributed by atoms with Gasteiger partial charge in [-0.1, -0.05) is 0 Å². The molecule has 2 aromatic rings. The highest BCUT2D eigenvalue weighted by atomic mass is 79.9. The van der Waals surface area contributed by atoms with Crippen LogP contribution in [0.4, 0.5) is 11.4 Å². The lowest BCUT2D eigenvalue weighted by Crippen LogP contribution is -2.14. The Hall–Kier alpha value is -1.80. The van der Waals surface area contributed by atoms with E-state index in [-0.39, 0.29) is 11.7 Å². The number of hydrogen-bond donors (Lipinski definition) is 2. The van der Waals surface area contributed by atoms with Crippen molar-refractivity contribution in [3.05, 3.63) is 46.8 Å². The van der Waals surface area contributed by atoms with Gasteiger partial charge < -0.3 is 9.73 Å². The summed E-state index contributed by atoms with van der Waals surface area (Å²) in [4.78, 5) is 11.9. The maximum Gasteiger partial charge on any atom is 0.258 e. The van der Waals surface area contributed by atoms with Crippen LogP contribution in [0.25, 0.3) is 0 Å². The van der Waals surface area contributed by atoms with E-state index < -0.39 is 10.0 Å². The molecular weight excluding hydrogens is 360 g/mol. The van der Waals surface area contributed by atoms with Gasteiger partial charge in [-0.05, 0) is 47.1 Å². The van der Waals surface area contributed by atoms with E-state index in [9.17, 15) is 13.2 Å². The molecule has 112 valence electrons. The first-order chi connectivity index (χ1) is 9.89. The van der Waals surface area contributed by atoms with E-state index in [0.717, 1.165) is 0 Å². The van der Waals surface area contributed by atoms with E-state index >= 15 is 0 Å². The Labute approximate surface area is 130 Å². The van der Waals surface area contributed by atoms with E-state index in [1.807, 2.05) is 0 Å². The van der Waals surface area contributed by atoms with Crippen molar-refractivity contribution in [3.8, 4) is 0 Å². The van der Waals surface area contributed by atoms with Gasteiger partial charge in [0.25, 0.3) is 5.91 Å². The van der Waals surface area contributed by atoms with Crippen molar-refractivity contribution in [2.75, 3.05) is 15.8 Å². The highest BCUT2D eigenvalue weighted by molar-refractivity contribution is 9.10. The van der Waals surface area contributed by atoms with Crippen molar-refractivity contribution >= 4 is 43.2 Å². The number of amides is 1. The maximum absolute atomic E-state index is 11.9. The molecule has 0 aliphatic carbocycles. The lowest BCUT2D eigenvalue weighted by molar-refractivity contribution is 0.102. The van der Waals surface area contributed by atoms with Gasteiger partial charge in [-0.15, -0.1) is 0 Å². The molecule has 0 radical (unpaired) electrons. The Morgan fingerprint density at radius 2 is 1.86 bits per heavy atom. The molecule has 0 aliphatic heterocycles. The second kappa shape index (κ2) is 6.31. The molecule has 0 aliphatic rings. The standard InChI is InChI=1S/C13H13BrN2O4S/c1-2-21(18,19)16-11-5-3-10(4-6-11)15-13(17)9-7-12(14)20-8-9/h3-8,16H,2H2,1H3,(H,15,17). The first kappa shape index (κ1) is 15.6. The van der Waals surface area contributed by atoms with Crippen LogP contribution in [0.1, 0.15) is 17.3 Å². The number of carbonyl (C=O) groups is 1. The quantitative estimate of drug-likeness (QED) is 0.843. The molecule has 21 heavy (non-hydrogen) atoms. The molecule has 8 heteroatoms. The summed E-state index contributed by atoms with van der Waals surface area (Å²) in [6.07, 6.45) is 1.34. The van der Waals surface area contributed by atoms with Gasteiger partial charge in [0.05, 0.1) is 11.3 Å². The van der Waals surface area contributed by atoms with Crippen LogP contribution in [0.3, 0.4) is 0 Å². The van der Waals surface area contributed by atoms with Crippen molar-refractivity contribution in [2.45, 2.75) is 6.92 Å². The van der Waals surface area contributed by atoms with Crippen LogP contribution in [0.5, 0.6) is 0 Å². The summed E-state index contributed by atoms with van der Waals surface area (Å²) >= 11 is 3.12. The highest BCUT2D eigenvalue weighted by Crippen LogP contribution is 2.18. The van der Waals surface area contributed by atoms with Gasteiger partial charge in [0.15, 0.2) is 4.67 Å². The Morgan fingerprint density at radius 1 is 1.24 bits per heavy atom. The normalized spacial score (nSPS) is 11.1. The number of sulfonamides is 1. The minimum atomic E-state index is -3.30. The predicted molar refractivity (Wildman–Crippen MR) is 83.9 cm³/mol. The molecule has 1 aromatic carbocycles. The number of nitrogens with one attached hydrogen (secondary N) is 2. The maximum atomic E-state index is 11.9. The summed E-state index contributed by atoms with van der Waals surface area (Å²) in [5, 5.41) is 2.68. The molecule has 0 fully saturated rings. The molecule has 0 bridgehead atoms. The molecule has 0 unspecified atom stereocenters. The predicted octanol–water partition coefficient (Wildman–Crippen LogP) is 3.06. The van der Waals surface area contributed by atoms with Gasteiger partial charge in [0.2, 0.25) is 10.0 Å². The summed E-state index contributed by atoms with van der Waals surface area (Å²) in [7, 11) is -3.30. The molecule has 1 aromatic heterocycles. The SMILES string of the molecule is CCS(=O)(=O)Nc1ccc(NC(=O)c2coc(Br)c2)cc1. The van der Waals surface area contributed by atoms with Crippen LogP contribution in [-0.2, 0) is 10.0 Å². The van der Waals surface area contributed by atoms with Gasteiger partial charge in [-0.3, -0.25) is 9.52 Å². The van der Waals surface area contributed by atoms with Gasteiger partial charge in [0, 0.05) is 17.4 Å². The number of rotatable bonds is 5. The number of anilines is 2. The zero-order valence-corrected chi connectivity index (χ0v) is 13.5. The summed E-state index contributed by atoms with van der Waals surface area (Å²) < 4.78 is 30.7. The van der Waals surface area contributed by atoms with Crippen molar-refractivity contribution in [1.29, 1.82) is 0 Å². The van der Waals surface area contributed by atoms with Crippen LogP contribution in [0, 0.1) is 0 Å². The van der Waals surface area contributed by atoms with E-state index in [0.29, 0.717) is 21.6 Å². The summed E-state index contributed by atoms with van der Waals surface area (Å²) in [6, 6.07) is 7.93. The number of carbonyl (C=O) groups excluding carboxylic acids is 1. The number of hydrogen-bond acceptors (Lipinski definition) is 4. The van der Waals surface area contributed by atoms with Crippen LogP contribution in [0.2, 0.25) is 0 Å². The fraction of sp³-hybridized carbons (Fsp3) is 0.154. The molecule has 0 atom stereocenters. The molecular formula is C13H13BrN2O4S. The fourth-order valence-corrected chi connectivity index (χ4v) is 2.49. The molecule has 2 N–H and O–H groups in total. The zero-order valence-electron chi connectivity index (χ0n) is 11.1. The average molecular weight is 373 g/mol. The van der Waals surface area contributed by atoms with Gasteiger partial charge in [-0.2, -0.15) is 0 Å². The molecule has 0 spiro atoms. The Balaban J connectivity index is 2.04. The summed E-state index contributed by atoms with van der Waals surface area (Å²) in [6.45, 7) is 1.56. The third-order valence-electron chi connectivity index (χ3n) is 2.63. The second-order valence-corrected chi connectivity index (χ2v) is 6.97. The van der Waals surface area contributed by atoms with Crippen molar-refractivity contribution in [3.63, 3.8) is 0 Å². The van der Waals surface area contributed by atoms with Crippen LogP contribution in [0.15, 0.2) is 45.7 Å². The molecule has 1 amide bonds. The van der Waals surface area contributed by atoms with E-state index in [1.165, 1.54) is 6.26 Å². The third kappa shape index (κ3) is 4.33. The largest absolute Gasteiger partial charge is 0.457 e. The lowest BCUT2D eigenvalue weighted by atomic mass is 10.2. The first-order valence-electron chi connectivity index (χ1n) is 6.05. The first-order valence-corrected chi connectivity index (χ1v) is 8.50. The summed E-state index contributed by atoms with van der Waals surface area (Å²) in [5.74, 6) is -0.313. The second-order valence-electron chi connectivity index (χ2n) is 4.18. The lowest BCUT2D eigenvalue weighted by Gasteiger charge is -2.07. The highest BCUT2D eigenvalue weighted by Gasteiger charge is 2.10. The van der Waals surface area contributed by atoms with Crippen LogP contribution >= 0.6 is 15.9 Å². The average Bonchev–Trinajstić information content (AvgIpc) is 2.87. The summed E-state index contributed by atoms with van der Waals surface area (Å²) in [5.41, 5.74) is 1.38. The van der Waals surface area contributed by atoms with Gasteiger partial charge in [0.1, 0.15) is 6.26 Å². The molecule has 2 rings (SSSR count). The van der Waals surface area contributed by atoms with Crippen LogP contribution in [-0.4, -0.2) is 20.1 Å². The van der Waals surface area contributed by atoms with Crippen molar-refractivity contribution in [2.24, 2.45) is 0 Å². The van der Waals surface area contributed by atoms with Gasteiger partial charge >= 0.3 is 0 Å². The van der Waals surface area contributed by atoms with E-state index in [4.69, 9.17) is 4.42 Å². The smallest absolute Gasteiger partial charge is 0.258 e. The van der Waals surface area contributed by atoms with Gasteiger partial charge in [-0.25, -0.2) is 8.42 Å². The minimum absolute atomic E-state index is 0.000848. The molecule has 0 saturated carbocycles. The van der Waals surface area contributed by atoms with Crippen molar-refractivity contribution < 1.29 is 17.6 Å². The van der Waals surface area contributed by atoms with E-state index in [2.05, 4.69) is 26.0 Å². The zero-order chi connectivity index (χ0) is 15.5. The molecule has 6 nitrogen and oxygen atoms in total. The molecule has 1 heterocycles. The molecule has 0 saturated heterocycles. The Kier molecular flexibility index (Phi) is 4.69. The number of furan rings is 1. The van der Waals surface area contributed by atoms with E-state index in [1.54, 1.807) is 37.3 Å². The monoisotopic (exact) mass is 372 g/mol. The topological polar surface area (TPSA) is 88.4 Å². The minimum Gasteiger partial charge on any atom is -0.457 e. The number of benzene rings is 1. The Morgan fingerprint density at radius 3 is 2.38 bits per heavy atom. The Bertz CT molecular complexity index is 738. The number of halogens is 1. The van der Waals surface area contributed by atoms with Crippen molar-refractivity contribution in [1.82, 2.24) is 0 Å². The fourth-order valence-electron chi connectivity index (χ4n) is 1.51.